The van der Waals surface area contributed by atoms with Crippen LogP contribution in [0.3, 0.4) is 0 Å². The Hall–Kier alpha value is -0.0800. The maximum Gasteiger partial charge on any atom is 0.00793 e. The molecule has 0 aromatic rings. The summed E-state index contributed by atoms with van der Waals surface area (Å²) in [5, 5.41) is 7.27. The molecule has 4 bridgehead atoms. The summed E-state index contributed by atoms with van der Waals surface area (Å²) in [7, 11) is 0. The zero-order valence-corrected chi connectivity index (χ0v) is 12.3. The molecule has 0 amide bonds. The molecule has 0 aromatic carbocycles. The molecule has 19 heavy (non-hydrogen) atoms. The smallest absolute Gasteiger partial charge is 0.00793 e. The third-order valence-corrected chi connectivity index (χ3v) is 6.31. The number of nitrogens with one attached hydrogen (secondary N) is 2. The molecule has 0 aliphatic heterocycles. The Bertz CT molecular complexity index is 286. The van der Waals surface area contributed by atoms with Gasteiger partial charge in [-0.1, -0.05) is 0 Å². The van der Waals surface area contributed by atoms with Crippen molar-refractivity contribution >= 4 is 0 Å². The van der Waals surface area contributed by atoms with Crippen molar-refractivity contribution in [3.63, 3.8) is 0 Å². The highest BCUT2D eigenvalue weighted by Crippen LogP contribution is 2.61. The van der Waals surface area contributed by atoms with Crippen molar-refractivity contribution in [3.05, 3.63) is 0 Å². The van der Waals surface area contributed by atoms with Crippen LogP contribution in [0, 0.1) is 23.2 Å². The molecule has 0 unspecified atom stereocenters. The highest BCUT2D eigenvalue weighted by Gasteiger charge is 2.50. The molecular formula is C17H30N2. The monoisotopic (exact) mass is 262 g/mol. The van der Waals surface area contributed by atoms with E-state index < -0.39 is 0 Å². The predicted octanol–water partition coefficient (Wildman–Crippen LogP) is 2.93. The van der Waals surface area contributed by atoms with Crippen LogP contribution in [0.5, 0.6) is 0 Å². The summed E-state index contributed by atoms with van der Waals surface area (Å²) >= 11 is 0. The van der Waals surface area contributed by atoms with Gasteiger partial charge >= 0.3 is 0 Å². The van der Waals surface area contributed by atoms with Gasteiger partial charge in [-0.15, -0.1) is 0 Å². The van der Waals surface area contributed by atoms with E-state index >= 15 is 0 Å². The number of rotatable bonds is 7. The fourth-order valence-electron chi connectivity index (χ4n) is 5.73. The molecule has 5 rings (SSSR count). The summed E-state index contributed by atoms with van der Waals surface area (Å²) in [5.74, 6) is 3.34. The predicted molar refractivity (Wildman–Crippen MR) is 79.1 cm³/mol. The Kier molecular flexibility index (Phi) is 3.35. The van der Waals surface area contributed by atoms with Crippen LogP contribution in [0.4, 0.5) is 0 Å². The first-order valence-corrected chi connectivity index (χ1v) is 8.75. The Labute approximate surface area is 118 Å². The lowest BCUT2D eigenvalue weighted by Crippen LogP contribution is -2.47. The molecule has 5 aliphatic rings. The normalized spacial score (nSPS) is 43.9. The van der Waals surface area contributed by atoms with E-state index in [1.54, 1.807) is 38.5 Å². The van der Waals surface area contributed by atoms with Crippen LogP contribution >= 0.6 is 0 Å². The molecule has 0 spiro atoms. The lowest BCUT2D eigenvalue weighted by Gasteiger charge is -2.57. The lowest BCUT2D eigenvalue weighted by molar-refractivity contribution is -0.0567. The van der Waals surface area contributed by atoms with E-state index in [9.17, 15) is 0 Å². The molecule has 5 fully saturated rings. The van der Waals surface area contributed by atoms with E-state index in [4.69, 9.17) is 0 Å². The zero-order chi connectivity index (χ0) is 12.7. The second-order valence-electron chi connectivity index (χ2n) is 8.15. The van der Waals surface area contributed by atoms with Crippen LogP contribution in [-0.2, 0) is 0 Å². The van der Waals surface area contributed by atoms with Crippen LogP contribution in [-0.4, -0.2) is 25.7 Å². The molecule has 5 aliphatic carbocycles. The van der Waals surface area contributed by atoms with Gasteiger partial charge in [0.25, 0.3) is 0 Å². The Morgan fingerprint density at radius 2 is 1.42 bits per heavy atom. The fraction of sp³-hybridized carbons (Fsp3) is 1.00. The van der Waals surface area contributed by atoms with Gasteiger partial charge in [0.2, 0.25) is 0 Å². The van der Waals surface area contributed by atoms with Gasteiger partial charge in [-0.3, -0.25) is 0 Å². The largest absolute Gasteiger partial charge is 0.315 e. The SMILES string of the molecule is C(CNC1CC1)NCCC12CC3CC(CC(C3)C1)C2. The average molecular weight is 262 g/mol. The standard InChI is InChI=1S/C17H30N2/c1-2-16(1)19-6-5-18-4-3-17-10-13-7-14(11-17)9-15(8-13)12-17/h13-16,18-19H,1-12H2. The van der Waals surface area contributed by atoms with Crippen molar-refractivity contribution in [1.29, 1.82) is 0 Å². The first-order chi connectivity index (χ1) is 9.31. The highest BCUT2D eigenvalue weighted by atomic mass is 15.0. The molecule has 5 saturated carbocycles. The Morgan fingerprint density at radius 3 is 2.00 bits per heavy atom. The minimum atomic E-state index is 0.770. The quantitative estimate of drug-likeness (QED) is 0.689. The molecule has 0 heterocycles. The van der Waals surface area contributed by atoms with E-state index in [0.717, 1.165) is 29.2 Å². The summed E-state index contributed by atoms with van der Waals surface area (Å²) in [5.41, 5.74) is 0.770. The Balaban J connectivity index is 1.19. The first kappa shape index (κ1) is 12.6. The summed E-state index contributed by atoms with van der Waals surface area (Å²) in [4.78, 5) is 0. The van der Waals surface area contributed by atoms with Crippen molar-refractivity contribution in [3.8, 4) is 0 Å². The number of hydrogen-bond acceptors (Lipinski definition) is 2. The van der Waals surface area contributed by atoms with Gasteiger partial charge in [-0.05, 0) is 87.5 Å². The van der Waals surface area contributed by atoms with Gasteiger partial charge in [-0.2, -0.15) is 0 Å². The van der Waals surface area contributed by atoms with Crippen LogP contribution in [0.15, 0.2) is 0 Å². The average Bonchev–Trinajstić information content (AvgIpc) is 3.16. The van der Waals surface area contributed by atoms with Crippen molar-refractivity contribution in [2.75, 3.05) is 19.6 Å². The molecular weight excluding hydrogens is 232 g/mol. The first-order valence-electron chi connectivity index (χ1n) is 8.75. The van der Waals surface area contributed by atoms with E-state index in [0.29, 0.717) is 0 Å². The van der Waals surface area contributed by atoms with Crippen molar-refractivity contribution in [2.24, 2.45) is 23.2 Å². The Morgan fingerprint density at radius 1 is 0.789 bits per heavy atom. The van der Waals surface area contributed by atoms with Crippen molar-refractivity contribution in [1.82, 2.24) is 10.6 Å². The van der Waals surface area contributed by atoms with Crippen LogP contribution in [0.25, 0.3) is 0 Å². The number of hydrogen-bond donors (Lipinski definition) is 2. The van der Waals surface area contributed by atoms with Gasteiger partial charge < -0.3 is 10.6 Å². The summed E-state index contributed by atoms with van der Waals surface area (Å²) in [6, 6.07) is 0.866. The van der Waals surface area contributed by atoms with Crippen LogP contribution in [0.2, 0.25) is 0 Å². The lowest BCUT2D eigenvalue weighted by atomic mass is 9.49. The molecule has 108 valence electrons. The summed E-state index contributed by atoms with van der Waals surface area (Å²) in [6.07, 6.45) is 13.7. The molecule has 2 heteroatoms. The minimum absolute atomic E-state index is 0.770. The molecule has 2 nitrogen and oxygen atoms in total. The van der Waals surface area contributed by atoms with E-state index in [1.165, 1.54) is 38.9 Å². The fourth-order valence-corrected chi connectivity index (χ4v) is 5.73. The molecule has 0 radical (unpaired) electrons. The topological polar surface area (TPSA) is 24.1 Å². The molecule has 0 aromatic heterocycles. The third-order valence-electron chi connectivity index (χ3n) is 6.31. The van der Waals surface area contributed by atoms with Gasteiger partial charge in [0.05, 0.1) is 0 Å². The highest BCUT2D eigenvalue weighted by molar-refractivity contribution is 5.01. The summed E-state index contributed by atoms with van der Waals surface area (Å²) < 4.78 is 0. The second kappa shape index (κ2) is 5.04. The third kappa shape index (κ3) is 2.85. The zero-order valence-electron chi connectivity index (χ0n) is 12.3. The maximum atomic E-state index is 3.68. The van der Waals surface area contributed by atoms with E-state index in [-0.39, 0.29) is 0 Å². The minimum Gasteiger partial charge on any atom is -0.315 e. The van der Waals surface area contributed by atoms with Crippen LogP contribution < -0.4 is 10.6 Å². The van der Waals surface area contributed by atoms with Gasteiger partial charge in [-0.25, -0.2) is 0 Å². The van der Waals surface area contributed by atoms with E-state index in [2.05, 4.69) is 10.6 Å². The van der Waals surface area contributed by atoms with Crippen molar-refractivity contribution in [2.45, 2.75) is 63.8 Å². The van der Waals surface area contributed by atoms with Crippen molar-refractivity contribution < 1.29 is 0 Å². The second-order valence-corrected chi connectivity index (χ2v) is 8.15. The molecule has 0 atom stereocenters. The maximum absolute atomic E-state index is 3.68. The van der Waals surface area contributed by atoms with Crippen LogP contribution in [0.1, 0.15) is 57.8 Å². The van der Waals surface area contributed by atoms with Gasteiger partial charge in [0.1, 0.15) is 0 Å². The summed E-state index contributed by atoms with van der Waals surface area (Å²) in [6.45, 7) is 3.60. The van der Waals surface area contributed by atoms with Gasteiger partial charge in [0, 0.05) is 19.1 Å². The molecule has 0 saturated heterocycles. The van der Waals surface area contributed by atoms with E-state index in [1.807, 2.05) is 0 Å². The van der Waals surface area contributed by atoms with Gasteiger partial charge in [0.15, 0.2) is 0 Å². The molecule has 2 N–H and O–H groups in total.